The van der Waals surface area contributed by atoms with Crippen molar-refractivity contribution in [2.75, 3.05) is 49.7 Å². The Kier molecular flexibility index (Phi) is 8.49. The van der Waals surface area contributed by atoms with E-state index in [1.807, 2.05) is 12.1 Å². The van der Waals surface area contributed by atoms with E-state index in [0.29, 0.717) is 11.3 Å². The number of unbranched alkanes of at least 4 members (excludes halogenated alkanes) is 2. The molecule has 0 saturated carbocycles. The van der Waals surface area contributed by atoms with Gasteiger partial charge in [-0.25, -0.2) is 4.98 Å². The van der Waals surface area contributed by atoms with Gasteiger partial charge in [0.15, 0.2) is 0 Å². The Balaban J connectivity index is 1.98. The second kappa shape index (κ2) is 11.3. The second-order valence-corrected chi connectivity index (χ2v) is 8.30. The van der Waals surface area contributed by atoms with Gasteiger partial charge in [0.1, 0.15) is 11.4 Å². The SMILES string of the molecule is CCCCCNc1c(C2=CCN(C)CC2)ccc(Nc2ncc(C(F)(F)F)c(NC)n2)c1C=N. The van der Waals surface area contributed by atoms with Gasteiger partial charge in [0, 0.05) is 50.2 Å². The van der Waals surface area contributed by atoms with E-state index < -0.39 is 11.7 Å². The maximum atomic E-state index is 13.2. The fraction of sp³-hybridized carbons (Fsp3) is 0.458. The number of hydrogen-bond acceptors (Lipinski definition) is 7. The van der Waals surface area contributed by atoms with Gasteiger partial charge in [0.25, 0.3) is 0 Å². The first-order valence-corrected chi connectivity index (χ1v) is 11.5. The molecule has 0 radical (unpaired) electrons. The van der Waals surface area contributed by atoms with Gasteiger partial charge in [-0.2, -0.15) is 18.2 Å². The molecular weight excluding hydrogens is 443 g/mol. The molecule has 10 heteroatoms. The lowest BCUT2D eigenvalue weighted by molar-refractivity contribution is -0.137. The van der Waals surface area contributed by atoms with Crippen molar-refractivity contribution in [3.63, 3.8) is 0 Å². The standard InChI is InChI=1S/C24H32F3N7/c1-4-5-6-11-30-21-17(16-9-12-34(3)13-10-16)7-8-20(18(21)14-28)32-23-31-15-19(24(25,26)27)22(29-2)33-23/h7-9,14-15,28,30H,4-6,10-13H2,1-3H3,(H2,29,31,32,33). The number of halogens is 3. The van der Waals surface area contributed by atoms with Gasteiger partial charge in [-0.05, 0) is 31.5 Å². The normalized spacial score (nSPS) is 14.5. The molecule has 2 aromatic rings. The van der Waals surface area contributed by atoms with E-state index in [-0.39, 0.29) is 11.8 Å². The monoisotopic (exact) mass is 475 g/mol. The minimum Gasteiger partial charge on any atom is -0.384 e. The maximum Gasteiger partial charge on any atom is 0.421 e. The Morgan fingerprint density at radius 1 is 1.24 bits per heavy atom. The van der Waals surface area contributed by atoms with Gasteiger partial charge in [0.05, 0.1) is 11.4 Å². The van der Waals surface area contributed by atoms with E-state index in [1.165, 1.54) is 18.8 Å². The number of benzene rings is 1. The highest BCUT2D eigenvalue weighted by Gasteiger charge is 2.35. The molecule has 1 aromatic heterocycles. The highest BCUT2D eigenvalue weighted by Crippen LogP contribution is 2.37. The molecule has 7 nitrogen and oxygen atoms in total. The zero-order valence-electron chi connectivity index (χ0n) is 19.8. The first-order chi connectivity index (χ1) is 16.3. The van der Waals surface area contributed by atoms with Gasteiger partial charge in [-0.1, -0.05) is 31.9 Å². The summed E-state index contributed by atoms with van der Waals surface area (Å²) in [4.78, 5) is 10.1. The van der Waals surface area contributed by atoms with Gasteiger partial charge >= 0.3 is 6.18 Å². The first kappa shape index (κ1) is 25.5. The molecule has 0 atom stereocenters. The minimum absolute atomic E-state index is 0.0173. The molecule has 0 aliphatic carbocycles. The summed E-state index contributed by atoms with van der Waals surface area (Å²) in [6.07, 6.45) is 3.76. The topological polar surface area (TPSA) is 89.0 Å². The van der Waals surface area contributed by atoms with Gasteiger partial charge in [0.2, 0.25) is 5.95 Å². The third-order valence-electron chi connectivity index (χ3n) is 5.81. The van der Waals surface area contributed by atoms with E-state index in [9.17, 15) is 13.2 Å². The smallest absolute Gasteiger partial charge is 0.384 e. The van der Waals surface area contributed by atoms with Crippen LogP contribution < -0.4 is 16.0 Å². The summed E-state index contributed by atoms with van der Waals surface area (Å²) in [7, 11) is 3.46. The molecule has 3 rings (SSSR count). The minimum atomic E-state index is -4.56. The summed E-state index contributed by atoms with van der Waals surface area (Å²) >= 11 is 0. The maximum absolute atomic E-state index is 13.2. The van der Waals surface area contributed by atoms with Crippen molar-refractivity contribution in [3.05, 3.63) is 41.1 Å². The number of anilines is 4. The second-order valence-electron chi connectivity index (χ2n) is 8.30. The van der Waals surface area contributed by atoms with Crippen molar-refractivity contribution in [2.45, 2.75) is 38.8 Å². The number of likely N-dealkylation sites (N-methyl/N-ethyl adjacent to an activating group) is 1. The molecule has 34 heavy (non-hydrogen) atoms. The quantitative estimate of drug-likeness (QED) is 0.264. The Morgan fingerprint density at radius 2 is 2.03 bits per heavy atom. The number of alkyl halides is 3. The summed E-state index contributed by atoms with van der Waals surface area (Å²) in [5, 5.41) is 17.1. The lowest BCUT2D eigenvalue weighted by atomic mass is 9.94. The summed E-state index contributed by atoms with van der Waals surface area (Å²) in [6, 6.07) is 3.81. The largest absolute Gasteiger partial charge is 0.421 e. The van der Waals surface area contributed by atoms with Crippen LogP contribution in [0.1, 0.15) is 49.3 Å². The van der Waals surface area contributed by atoms with E-state index in [4.69, 9.17) is 5.41 Å². The number of hydrogen-bond donors (Lipinski definition) is 4. The average Bonchev–Trinajstić information content (AvgIpc) is 2.81. The molecular formula is C24H32F3N7. The summed E-state index contributed by atoms with van der Waals surface area (Å²) in [5.74, 6) is -0.295. The number of nitrogens with one attached hydrogen (secondary N) is 4. The Labute approximate surface area is 198 Å². The highest BCUT2D eigenvalue weighted by atomic mass is 19.4. The third-order valence-corrected chi connectivity index (χ3v) is 5.81. The predicted molar refractivity (Wildman–Crippen MR) is 132 cm³/mol. The average molecular weight is 476 g/mol. The van der Waals surface area contributed by atoms with Crippen molar-refractivity contribution in [2.24, 2.45) is 0 Å². The molecule has 0 bridgehead atoms. The van der Waals surface area contributed by atoms with Crippen molar-refractivity contribution in [3.8, 4) is 0 Å². The Bertz CT molecular complexity index is 1030. The molecule has 4 N–H and O–H groups in total. The van der Waals surface area contributed by atoms with Crippen LogP contribution in [-0.4, -0.2) is 54.8 Å². The van der Waals surface area contributed by atoms with Gasteiger partial charge in [-0.3, -0.25) is 0 Å². The van der Waals surface area contributed by atoms with Crippen LogP contribution in [0.25, 0.3) is 5.57 Å². The number of aromatic nitrogens is 2. The molecule has 1 aromatic carbocycles. The highest BCUT2D eigenvalue weighted by molar-refractivity contribution is 5.98. The van der Waals surface area contributed by atoms with Crippen molar-refractivity contribution in [1.29, 1.82) is 5.41 Å². The lowest BCUT2D eigenvalue weighted by Crippen LogP contribution is -2.24. The van der Waals surface area contributed by atoms with Crippen LogP contribution in [0.15, 0.2) is 24.4 Å². The molecule has 184 valence electrons. The van der Waals surface area contributed by atoms with E-state index in [1.54, 1.807) is 0 Å². The van der Waals surface area contributed by atoms with Gasteiger partial charge in [-0.15, -0.1) is 0 Å². The van der Waals surface area contributed by atoms with Crippen LogP contribution in [0.4, 0.5) is 36.3 Å². The summed E-state index contributed by atoms with van der Waals surface area (Å²) < 4.78 is 39.6. The van der Waals surface area contributed by atoms with Crippen molar-refractivity contribution < 1.29 is 13.2 Å². The molecule has 1 aliphatic rings. The van der Waals surface area contributed by atoms with E-state index in [2.05, 4.69) is 50.9 Å². The van der Waals surface area contributed by atoms with Crippen molar-refractivity contribution in [1.82, 2.24) is 14.9 Å². The number of nitrogens with zero attached hydrogens (tertiary/aromatic N) is 3. The van der Waals surface area contributed by atoms with E-state index >= 15 is 0 Å². The fourth-order valence-electron chi connectivity index (χ4n) is 3.90. The molecule has 0 fully saturated rings. The van der Waals surface area contributed by atoms with Crippen LogP contribution in [0.2, 0.25) is 0 Å². The lowest BCUT2D eigenvalue weighted by Gasteiger charge is -2.25. The van der Waals surface area contributed by atoms with Crippen LogP contribution in [0.3, 0.4) is 0 Å². The van der Waals surface area contributed by atoms with Crippen molar-refractivity contribution >= 4 is 34.9 Å². The third kappa shape index (κ3) is 6.05. The molecule has 0 saturated heterocycles. The summed E-state index contributed by atoms with van der Waals surface area (Å²) in [5.41, 5.74) is 3.32. The van der Waals surface area contributed by atoms with Crippen LogP contribution in [0.5, 0.6) is 0 Å². The Morgan fingerprint density at radius 3 is 2.65 bits per heavy atom. The predicted octanol–water partition coefficient (Wildman–Crippen LogP) is 5.60. The van der Waals surface area contributed by atoms with Crippen LogP contribution in [-0.2, 0) is 6.18 Å². The fourth-order valence-corrected chi connectivity index (χ4v) is 3.90. The van der Waals surface area contributed by atoms with Gasteiger partial charge < -0.3 is 26.3 Å². The summed E-state index contributed by atoms with van der Waals surface area (Å²) in [6.45, 7) is 4.72. The first-order valence-electron chi connectivity index (χ1n) is 11.5. The molecule has 2 heterocycles. The molecule has 0 unspecified atom stereocenters. The zero-order chi connectivity index (χ0) is 24.7. The van der Waals surface area contributed by atoms with E-state index in [0.717, 1.165) is 62.8 Å². The molecule has 0 amide bonds. The van der Waals surface area contributed by atoms with Crippen LogP contribution >= 0.6 is 0 Å². The molecule has 1 aliphatic heterocycles. The molecule has 0 spiro atoms. The zero-order valence-corrected chi connectivity index (χ0v) is 19.8. The van der Waals surface area contributed by atoms with Crippen LogP contribution in [0, 0.1) is 5.41 Å². The number of rotatable bonds is 10. The Hall–Kier alpha value is -3.14.